The lowest BCUT2D eigenvalue weighted by Gasteiger charge is -2.02. The fourth-order valence-electron chi connectivity index (χ4n) is 0.977. The van der Waals surface area contributed by atoms with Crippen molar-refractivity contribution in [2.24, 2.45) is 0 Å². The summed E-state index contributed by atoms with van der Waals surface area (Å²) in [6, 6.07) is 6.50. The molecule has 1 aromatic rings. The summed E-state index contributed by atoms with van der Waals surface area (Å²) in [6.45, 7) is 0. The molecular weight excluding hydrogens is 221 g/mol. The van der Waals surface area contributed by atoms with Crippen LogP contribution in [0.5, 0.6) is 0 Å². The van der Waals surface area contributed by atoms with E-state index in [-0.39, 0.29) is 5.82 Å². The second-order valence-electron chi connectivity index (χ2n) is 2.38. The minimum absolute atomic E-state index is 0.258. The van der Waals surface area contributed by atoms with E-state index in [4.69, 9.17) is 5.26 Å². The van der Waals surface area contributed by atoms with Crippen LogP contribution in [0.15, 0.2) is 18.2 Å². The highest BCUT2D eigenvalue weighted by Crippen LogP contribution is 2.14. The van der Waals surface area contributed by atoms with Crippen molar-refractivity contribution in [2.75, 3.05) is 0 Å². The predicted molar refractivity (Wildman–Crippen MR) is 48.3 cm³/mol. The van der Waals surface area contributed by atoms with Crippen molar-refractivity contribution in [3.63, 3.8) is 0 Å². The van der Waals surface area contributed by atoms with Crippen LogP contribution in [0, 0.1) is 17.1 Å². The lowest BCUT2D eigenvalue weighted by atomic mass is 10.1. The van der Waals surface area contributed by atoms with E-state index in [1.807, 2.05) is 6.07 Å². The first kappa shape index (κ1) is 9.21. The molecule has 0 heterocycles. The molecule has 0 unspecified atom stereocenters. The average molecular weight is 228 g/mol. The maximum Gasteiger partial charge on any atom is 0.123 e. The fourth-order valence-corrected chi connectivity index (χ4v) is 1.50. The van der Waals surface area contributed by atoms with Crippen molar-refractivity contribution < 1.29 is 4.39 Å². The molecule has 0 fully saturated rings. The Morgan fingerprint density at radius 2 is 2.17 bits per heavy atom. The topological polar surface area (TPSA) is 23.8 Å². The SMILES string of the molecule is N#CCc1ccc(F)cc1CBr. The van der Waals surface area contributed by atoms with Crippen LogP contribution in [-0.4, -0.2) is 0 Å². The summed E-state index contributed by atoms with van der Waals surface area (Å²) in [5.41, 5.74) is 1.73. The summed E-state index contributed by atoms with van der Waals surface area (Å²) in [5, 5.41) is 9.03. The smallest absolute Gasteiger partial charge is 0.123 e. The zero-order valence-electron chi connectivity index (χ0n) is 6.35. The van der Waals surface area contributed by atoms with Crippen molar-refractivity contribution >= 4 is 15.9 Å². The fraction of sp³-hybridized carbons (Fsp3) is 0.222. The first-order chi connectivity index (χ1) is 5.77. The molecule has 3 heteroatoms. The third-order valence-electron chi connectivity index (χ3n) is 1.58. The van der Waals surface area contributed by atoms with E-state index in [9.17, 15) is 4.39 Å². The number of nitrogens with zero attached hydrogens (tertiary/aromatic N) is 1. The van der Waals surface area contributed by atoms with Crippen molar-refractivity contribution in [1.29, 1.82) is 5.26 Å². The van der Waals surface area contributed by atoms with Gasteiger partial charge >= 0.3 is 0 Å². The highest BCUT2D eigenvalue weighted by atomic mass is 79.9. The summed E-state index contributed by atoms with van der Waals surface area (Å²) in [7, 11) is 0. The molecule has 1 aromatic carbocycles. The molecule has 0 amide bonds. The number of halogens is 2. The van der Waals surface area contributed by atoms with Gasteiger partial charge in [0.1, 0.15) is 5.82 Å². The molecule has 0 atom stereocenters. The van der Waals surface area contributed by atoms with E-state index >= 15 is 0 Å². The van der Waals surface area contributed by atoms with Crippen LogP contribution in [0.4, 0.5) is 4.39 Å². The number of alkyl halides is 1. The molecule has 0 bridgehead atoms. The van der Waals surface area contributed by atoms with Gasteiger partial charge in [-0.3, -0.25) is 0 Å². The van der Waals surface area contributed by atoms with Crippen molar-refractivity contribution in [1.82, 2.24) is 0 Å². The van der Waals surface area contributed by atoms with Gasteiger partial charge in [-0.25, -0.2) is 4.39 Å². The van der Waals surface area contributed by atoms with Crippen molar-refractivity contribution in [3.05, 3.63) is 35.1 Å². The van der Waals surface area contributed by atoms with Gasteiger partial charge in [0.05, 0.1) is 12.5 Å². The van der Waals surface area contributed by atoms with Crippen LogP contribution >= 0.6 is 15.9 Å². The first-order valence-corrected chi connectivity index (χ1v) is 4.60. The number of rotatable bonds is 2. The Morgan fingerprint density at radius 3 is 2.75 bits per heavy atom. The maximum atomic E-state index is 12.7. The highest BCUT2D eigenvalue weighted by molar-refractivity contribution is 9.08. The van der Waals surface area contributed by atoms with Gasteiger partial charge in [-0.1, -0.05) is 22.0 Å². The Bertz CT molecular complexity index is 317. The Balaban J connectivity index is 3.04. The van der Waals surface area contributed by atoms with Crippen molar-refractivity contribution in [3.8, 4) is 6.07 Å². The van der Waals surface area contributed by atoms with Crippen LogP contribution in [0.1, 0.15) is 11.1 Å². The second-order valence-corrected chi connectivity index (χ2v) is 2.94. The Morgan fingerprint density at radius 1 is 1.42 bits per heavy atom. The molecule has 0 N–H and O–H groups in total. The molecule has 1 nitrogen and oxygen atoms in total. The van der Waals surface area contributed by atoms with E-state index in [0.29, 0.717) is 11.8 Å². The molecule has 0 saturated carbocycles. The van der Waals surface area contributed by atoms with E-state index in [2.05, 4.69) is 15.9 Å². The molecule has 0 aliphatic heterocycles. The summed E-state index contributed by atoms with van der Waals surface area (Å²) in [4.78, 5) is 0. The van der Waals surface area contributed by atoms with Gasteiger partial charge in [0.15, 0.2) is 0 Å². The summed E-state index contributed by atoms with van der Waals surface area (Å²) in [6.07, 6.45) is 0.335. The van der Waals surface area contributed by atoms with Gasteiger partial charge in [-0.05, 0) is 23.3 Å². The zero-order chi connectivity index (χ0) is 8.97. The van der Waals surface area contributed by atoms with Gasteiger partial charge in [-0.2, -0.15) is 5.26 Å². The maximum absolute atomic E-state index is 12.7. The summed E-state index contributed by atoms with van der Waals surface area (Å²) in [5.74, 6) is -0.258. The Hall–Kier alpha value is -0.880. The molecule has 0 saturated heterocycles. The molecule has 0 radical (unpaired) electrons. The minimum Gasteiger partial charge on any atom is -0.207 e. The molecule has 1 rings (SSSR count). The van der Waals surface area contributed by atoms with E-state index in [1.165, 1.54) is 12.1 Å². The number of nitriles is 1. The van der Waals surface area contributed by atoms with Gasteiger partial charge < -0.3 is 0 Å². The van der Waals surface area contributed by atoms with Crippen LogP contribution in [0.2, 0.25) is 0 Å². The van der Waals surface area contributed by atoms with E-state index in [0.717, 1.165) is 11.1 Å². The third kappa shape index (κ3) is 2.05. The highest BCUT2D eigenvalue weighted by Gasteiger charge is 2.01. The molecule has 0 aliphatic rings. The molecule has 0 aromatic heterocycles. The number of hydrogen-bond acceptors (Lipinski definition) is 1. The van der Waals surface area contributed by atoms with Crippen LogP contribution < -0.4 is 0 Å². The quantitative estimate of drug-likeness (QED) is 0.714. The minimum atomic E-state index is -0.258. The lowest BCUT2D eigenvalue weighted by molar-refractivity contribution is 0.625. The first-order valence-electron chi connectivity index (χ1n) is 3.48. The Kier molecular flexibility index (Phi) is 3.24. The van der Waals surface area contributed by atoms with Crippen LogP contribution in [0.3, 0.4) is 0 Å². The molecule has 0 aliphatic carbocycles. The second kappa shape index (κ2) is 4.22. The predicted octanol–water partition coefficient (Wildman–Crippen LogP) is 2.79. The standard InChI is InChI=1S/C9H7BrFN/c10-6-8-5-9(11)2-1-7(8)3-4-12/h1-2,5H,3,6H2. The van der Waals surface area contributed by atoms with Crippen LogP contribution in [-0.2, 0) is 11.8 Å². The largest absolute Gasteiger partial charge is 0.207 e. The van der Waals surface area contributed by atoms with Gasteiger partial charge in [0.25, 0.3) is 0 Å². The van der Waals surface area contributed by atoms with Crippen LogP contribution in [0.25, 0.3) is 0 Å². The number of benzene rings is 1. The zero-order valence-corrected chi connectivity index (χ0v) is 7.94. The number of hydrogen-bond donors (Lipinski definition) is 0. The van der Waals surface area contributed by atoms with E-state index < -0.39 is 0 Å². The normalized spacial score (nSPS) is 9.42. The monoisotopic (exact) mass is 227 g/mol. The molecule has 12 heavy (non-hydrogen) atoms. The van der Waals surface area contributed by atoms with Gasteiger partial charge in [-0.15, -0.1) is 0 Å². The molecule has 62 valence electrons. The van der Waals surface area contributed by atoms with E-state index in [1.54, 1.807) is 6.07 Å². The van der Waals surface area contributed by atoms with Gasteiger partial charge in [0, 0.05) is 5.33 Å². The average Bonchev–Trinajstić information content (AvgIpc) is 2.08. The Labute approximate surface area is 79.0 Å². The molecule has 0 spiro atoms. The van der Waals surface area contributed by atoms with Gasteiger partial charge in [0.2, 0.25) is 0 Å². The summed E-state index contributed by atoms with van der Waals surface area (Å²) >= 11 is 3.24. The lowest BCUT2D eigenvalue weighted by Crippen LogP contribution is -1.91. The molecular formula is C9H7BrFN. The third-order valence-corrected chi connectivity index (χ3v) is 2.19. The summed E-state index contributed by atoms with van der Waals surface area (Å²) < 4.78 is 12.7. The van der Waals surface area contributed by atoms with Crippen molar-refractivity contribution in [2.45, 2.75) is 11.8 Å².